The highest BCUT2D eigenvalue weighted by molar-refractivity contribution is 7.99. The van der Waals surface area contributed by atoms with Gasteiger partial charge in [0.1, 0.15) is 11.5 Å². The van der Waals surface area contributed by atoms with Gasteiger partial charge in [-0.15, -0.1) is 10.2 Å². The second kappa shape index (κ2) is 9.09. The van der Waals surface area contributed by atoms with Gasteiger partial charge in [-0.25, -0.2) is 4.79 Å². The molecule has 0 radical (unpaired) electrons. The number of H-pyrrole nitrogens is 1. The van der Waals surface area contributed by atoms with Gasteiger partial charge in [0.25, 0.3) is 0 Å². The van der Waals surface area contributed by atoms with E-state index in [0.29, 0.717) is 34.2 Å². The first-order valence-electron chi connectivity index (χ1n) is 9.38. The first-order chi connectivity index (χ1) is 13.9. The number of hydrogen-bond acceptors (Lipinski definition) is 6. The van der Waals surface area contributed by atoms with Gasteiger partial charge in [-0.2, -0.15) is 0 Å². The topological polar surface area (TPSA) is 89.9 Å². The summed E-state index contributed by atoms with van der Waals surface area (Å²) in [6.07, 6.45) is 0. The molecular formula is C21H24N4O3S. The summed E-state index contributed by atoms with van der Waals surface area (Å²) in [5.74, 6) is 0.485. The first kappa shape index (κ1) is 20.9. The molecule has 0 aliphatic rings. The Morgan fingerprint density at radius 2 is 1.86 bits per heavy atom. The SMILES string of the molecule is CCOC(=O)c1[nH]c(C)c(C(=O)CSc2nnc(C)n2Cc2ccccc2)c1C. The van der Waals surface area contributed by atoms with Gasteiger partial charge in [0.2, 0.25) is 0 Å². The van der Waals surface area contributed by atoms with Gasteiger partial charge < -0.3 is 14.3 Å². The number of aromatic nitrogens is 4. The van der Waals surface area contributed by atoms with Crippen molar-refractivity contribution in [1.29, 1.82) is 0 Å². The van der Waals surface area contributed by atoms with Crippen LogP contribution < -0.4 is 0 Å². The Labute approximate surface area is 173 Å². The Balaban J connectivity index is 1.75. The van der Waals surface area contributed by atoms with Gasteiger partial charge in [-0.1, -0.05) is 42.1 Å². The van der Waals surface area contributed by atoms with Crippen molar-refractivity contribution in [2.75, 3.05) is 12.4 Å². The lowest BCUT2D eigenvalue weighted by molar-refractivity contribution is 0.0519. The van der Waals surface area contributed by atoms with Crippen molar-refractivity contribution in [2.24, 2.45) is 0 Å². The molecule has 2 heterocycles. The zero-order valence-corrected chi connectivity index (χ0v) is 17.8. The molecular weight excluding hydrogens is 388 g/mol. The number of esters is 1. The van der Waals surface area contributed by atoms with Crippen LogP contribution in [0.15, 0.2) is 35.5 Å². The van der Waals surface area contributed by atoms with E-state index in [9.17, 15) is 9.59 Å². The molecule has 3 rings (SSSR count). The molecule has 0 aliphatic heterocycles. The fourth-order valence-corrected chi connectivity index (χ4v) is 4.05. The zero-order valence-electron chi connectivity index (χ0n) is 17.0. The average Bonchev–Trinajstić information content (AvgIpc) is 3.20. The van der Waals surface area contributed by atoms with Crippen LogP contribution in [0.5, 0.6) is 0 Å². The second-order valence-corrected chi connectivity index (χ2v) is 7.60. The summed E-state index contributed by atoms with van der Waals surface area (Å²) in [6.45, 7) is 8.12. The number of carbonyl (C=O) groups excluding carboxylic acids is 2. The quantitative estimate of drug-likeness (QED) is 0.344. The number of aryl methyl sites for hydroxylation is 2. The van der Waals surface area contributed by atoms with Crippen LogP contribution in [-0.2, 0) is 11.3 Å². The molecule has 0 atom stereocenters. The van der Waals surface area contributed by atoms with E-state index in [1.54, 1.807) is 20.8 Å². The summed E-state index contributed by atoms with van der Waals surface area (Å²) in [5.41, 5.74) is 3.29. The van der Waals surface area contributed by atoms with Crippen LogP contribution in [0.2, 0.25) is 0 Å². The van der Waals surface area contributed by atoms with E-state index in [0.717, 1.165) is 11.4 Å². The summed E-state index contributed by atoms with van der Waals surface area (Å²) in [7, 11) is 0. The predicted molar refractivity (Wildman–Crippen MR) is 112 cm³/mol. The monoisotopic (exact) mass is 412 g/mol. The standard InChI is InChI=1S/C21H24N4O3S/c1-5-28-20(27)19-13(2)18(14(3)22-19)17(26)12-29-21-24-23-15(4)25(21)11-16-9-7-6-8-10-16/h6-10,22H,5,11-12H2,1-4H3. The maximum atomic E-state index is 12.9. The van der Waals surface area contributed by atoms with E-state index < -0.39 is 5.97 Å². The van der Waals surface area contributed by atoms with Gasteiger partial charge in [0, 0.05) is 11.3 Å². The molecule has 0 bridgehead atoms. The van der Waals surface area contributed by atoms with E-state index in [1.807, 2.05) is 41.8 Å². The van der Waals surface area contributed by atoms with Gasteiger partial charge in [-0.3, -0.25) is 4.79 Å². The molecule has 0 unspecified atom stereocenters. The van der Waals surface area contributed by atoms with Gasteiger partial charge in [0.05, 0.1) is 18.9 Å². The van der Waals surface area contributed by atoms with E-state index >= 15 is 0 Å². The first-order valence-corrected chi connectivity index (χ1v) is 10.4. The summed E-state index contributed by atoms with van der Waals surface area (Å²) in [4.78, 5) is 27.9. The van der Waals surface area contributed by atoms with Crippen molar-refractivity contribution in [3.63, 3.8) is 0 Å². The van der Waals surface area contributed by atoms with E-state index in [2.05, 4.69) is 15.2 Å². The van der Waals surface area contributed by atoms with Gasteiger partial charge in [0.15, 0.2) is 10.9 Å². The number of ketones is 1. The Morgan fingerprint density at radius 1 is 1.14 bits per heavy atom. The number of nitrogens with zero attached hydrogens (tertiary/aromatic N) is 3. The molecule has 0 aliphatic carbocycles. The molecule has 152 valence electrons. The zero-order chi connectivity index (χ0) is 21.0. The fourth-order valence-electron chi connectivity index (χ4n) is 3.19. The predicted octanol–water partition coefficient (Wildman–Crippen LogP) is 3.73. The minimum Gasteiger partial charge on any atom is -0.461 e. The van der Waals surface area contributed by atoms with Crippen molar-refractivity contribution in [3.05, 3.63) is 64.2 Å². The van der Waals surface area contributed by atoms with Crippen LogP contribution in [0.3, 0.4) is 0 Å². The highest BCUT2D eigenvalue weighted by Gasteiger charge is 2.23. The van der Waals surface area contributed by atoms with Gasteiger partial charge in [-0.05, 0) is 38.8 Å². The summed E-state index contributed by atoms with van der Waals surface area (Å²) < 4.78 is 7.05. The largest absolute Gasteiger partial charge is 0.461 e. The van der Waals surface area contributed by atoms with Crippen LogP contribution in [0, 0.1) is 20.8 Å². The number of benzene rings is 1. The number of carbonyl (C=O) groups is 2. The average molecular weight is 413 g/mol. The highest BCUT2D eigenvalue weighted by atomic mass is 32.2. The molecule has 1 N–H and O–H groups in total. The molecule has 7 nitrogen and oxygen atoms in total. The van der Waals surface area contributed by atoms with Crippen LogP contribution >= 0.6 is 11.8 Å². The molecule has 0 saturated heterocycles. The van der Waals surface area contributed by atoms with Gasteiger partial charge >= 0.3 is 5.97 Å². The highest BCUT2D eigenvalue weighted by Crippen LogP contribution is 2.24. The normalized spacial score (nSPS) is 10.9. The lowest BCUT2D eigenvalue weighted by atomic mass is 10.1. The smallest absolute Gasteiger partial charge is 0.355 e. The number of thioether (sulfide) groups is 1. The van der Waals surface area contributed by atoms with E-state index in [1.165, 1.54) is 11.8 Å². The van der Waals surface area contributed by atoms with Crippen molar-refractivity contribution < 1.29 is 14.3 Å². The van der Waals surface area contributed by atoms with Crippen molar-refractivity contribution in [2.45, 2.75) is 39.4 Å². The molecule has 8 heteroatoms. The molecule has 3 aromatic rings. The second-order valence-electron chi connectivity index (χ2n) is 6.66. The summed E-state index contributed by atoms with van der Waals surface area (Å²) in [5, 5.41) is 9.07. The fraction of sp³-hybridized carbons (Fsp3) is 0.333. The van der Waals surface area contributed by atoms with E-state index in [-0.39, 0.29) is 18.1 Å². The number of hydrogen-bond donors (Lipinski definition) is 1. The van der Waals surface area contributed by atoms with E-state index in [4.69, 9.17) is 4.74 Å². The Bertz CT molecular complexity index is 1020. The number of rotatable bonds is 8. The molecule has 0 fully saturated rings. The number of nitrogens with one attached hydrogen (secondary N) is 1. The molecule has 2 aromatic heterocycles. The molecule has 0 spiro atoms. The van der Waals surface area contributed by atoms with Crippen molar-refractivity contribution in [3.8, 4) is 0 Å². The van der Waals surface area contributed by atoms with Crippen LogP contribution in [0.4, 0.5) is 0 Å². The Hall–Kier alpha value is -2.87. The Kier molecular flexibility index (Phi) is 6.53. The number of Topliss-reactive ketones (excluding diaryl/α,β-unsaturated/α-hetero) is 1. The van der Waals surface area contributed by atoms with Crippen LogP contribution in [0.1, 0.15) is 50.4 Å². The summed E-state index contributed by atoms with van der Waals surface area (Å²) >= 11 is 1.35. The molecule has 0 saturated carbocycles. The molecule has 0 amide bonds. The van der Waals surface area contributed by atoms with Crippen LogP contribution in [-0.4, -0.2) is 43.9 Å². The lowest BCUT2D eigenvalue weighted by Crippen LogP contribution is -2.09. The maximum absolute atomic E-state index is 12.9. The third-order valence-electron chi connectivity index (χ3n) is 4.61. The number of ether oxygens (including phenoxy) is 1. The number of aromatic amines is 1. The Morgan fingerprint density at radius 3 is 2.55 bits per heavy atom. The van der Waals surface area contributed by atoms with Crippen molar-refractivity contribution in [1.82, 2.24) is 19.7 Å². The third kappa shape index (κ3) is 4.59. The minimum absolute atomic E-state index is 0.0660. The third-order valence-corrected chi connectivity index (χ3v) is 5.58. The lowest BCUT2D eigenvalue weighted by Gasteiger charge is -2.08. The minimum atomic E-state index is -0.446. The molecule has 1 aromatic carbocycles. The summed E-state index contributed by atoms with van der Waals surface area (Å²) in [6, 6.07) is 10.0. The van der Waals surface area contributed by atoms with Crippen LogP contribution in [0.25, 0.3) is 0 Å². The van der Waals surface area contributed by atoms with Crippen molar-refractivity contribution >= 4 is 23.5 Å². The molecule has 29 heavy (non-hydrogen) atoms. The maximum Gasteiger partial charge on any atom is 0.355 e.